The van der Waals surface area contributed by atoms with Crippen LogP contribution >= 0.6 is 0 Å². The van der Waals surface area contributed by atoms with Crippen LogP contribution in [-0.2, 0) is 14.3 Å². The minimum atomic E-state index is -0.513. The summed E-state index contributed by atoms with van der Waals surface area (Å²) < 4.78 is 7.08. The molecule has 1 aromatic carbocycles. The fraction of sp³-hybridized carbons (Fsp3) is 0.250. The minimum absolute atomic E-state index is 0.220. The standard InChI is InChI=1S/C24H26N2O3/c1-7-12-25-18(5)22(24(28)29-6)21(23(25)27)14-19-13-16(3)26(17(19)4)20-10-8-15(2)9-11-20/h7-11,13-14H,1,12H2,2-6H3. The normalized spacial score (nSPS) is 15.4. The predicted octanol–water partition coefficient (Wildman–Crippen LogP) is 4.26. The van der Waals surface area contributed by atoms with Gasteiger partial charge in [0.05, 0.1) is 18.3 Å². The van der Waals surface area contributed by atoms with Gasteiger partial charge in [-0.1, -0.05) is 23.8 Å². The molecule has 0 saturated heterocycles. The van der Waals surface area contributed by atoms with Crippen LogP contribution in [0.4, 0.5) is 0 Å². The van der Waals surface area contributed by atoms with Gasteiger partial charge >= 0.3 is 5.97 Å². The summed E-state index contributed by atoms with van der Waals surface area (Å²) in [5, 5.41) is 0. The molecule has 0 saturated carbocycles. The number of esters is 1. The van der Waals surface area contributed by atoms with Gasteiger partial charge in [-0.2, -0.15) is 0 Å². The molecule has 5 heteroatoms. The van der Waals surface area contributed by atoms with Crippen LogP contribution in [0.5, 0.6) is 0 Å². The number of allylic oxidation sites excluding steroid dienone is 1. The van der Waals surface area contributed by atoms with E-state index in [1.807, 2.05) is 19.9 Å². The summed E-state index contributed by atoms with van der Waals surface area (Å²) in [5.41, 5.74) is 6.42. The molecule has 150 valence electrons. The van der Waals surface area contributed by atoms with E-state index in [1.54, 1.807) is 24.0 Å². The molecule has 0 unspecified atom stereocenters. The van der Waals surface area contributed by atoms with Crippen molar-refractivity contribution < 1.29 is 14.3 Å². The Balaban J connectivity index is 2.13. The maximum Gasteiger partial charge on any atom is 0.340 e. The smallest absolute Gasteiger partial charge is 0.340 e. The molecule has 2 heterocycles. The van der Waals surface area contributed by atoms with Crippen LogP contribution < -0.4 is 0 Å². The third-order valence-corrected chi connectivity index (χ3v) is 5.28. The average Bonchev–Trinajstić information content (AvgIpc) is 3.10. The molecule has 2 aromatic rings. The highest BCUT2D eigenvalue weighted by Gasteiger charge is 2.36. The number of benzene rings is 1. The zero-order valence-corrected chi connectivity index (χ0v) is 17.6. The highest BCUT2D eigenvalue weighted by atomic mass is 16.5. The summed E-state index contributed by atoms with van der Waals surface area (Å²) in [4.78, 5) is 27.0. The molecule has 0 radical (unpaired) electrons. The Morgan fingerprint density at radius 1 is 1.14 bits per heavy atom. The number of aryl methyl sites for hydroxylation is 2. The van der Waals surface area contributed by atoms with Crippen molar-refractivity contribution in [1.82, 2.24) is 9.47 Å². The number of amides is 1. The van der Waals surface area contributed by atoms with Gasteiger partial charge in [-0.15, -0.1) is 6.58 Å². The minimum Gasteiger partial charge on any atom is -0.465 e. The number of hydrogen-bond donors (Lipinski definition) is 0. The highest BCUT2D eigenvalue weighted by molar-refractivity contribution is 6.16. The lowest BCUT2D eigenvalue weighted by molar-refractivity contribution is -0.136. The van der Waals surface area contributed by atoms with Crippen molar-refractivity contribution in [2.45, 2.75) is 27.7 Å². The van der Waals surface area contributed by atoms with Crippen molar-refractivity contribution >= 4 is 18.0 Å². The van der Waals surface area contributed by atoms with E-state index in [1.165, 1.54) is 12.7 Å². The maximum absolute atomic E-state index is 13.0. The summed E-state index contributed by atoms with van der Waals surface area (Å²) in [6, 6.07) is 10.3. The summed E-state index contributed by atoms with van der Waals surface area (Å²) in [7, 11) is 1.32. The Morgan fingerprint density at radius 2 is 1.79 bits per heavy atom. The number of nitrogens with zero attached hydrogens (tertiary/aromatic N) is 2. The molecule has 3 rings (SSSR count). The molecule has 0 atom stereocenters. The van der Waals surface area contributed by atoms with Crippen LogP contribution in [0.3, 0.4) is 0 Å². The first kappa shape index (κ1) is 20.4. The van der Waals surface area contributed by atoms with Gasteiger partial charge in [0.1, 0.15) is 0 Å². The Bertz CT molecular complexity index is 1050. The lowest BCUT2D eigenvalue weighted by Gasteiger charge is -2.14. The zero-order valence-electron chi connectivity index (χ0n) is 17.6. The lowest BCUT2D eigenvalue weighted by atomic mass is 10.0. The number of rotatable bonds is 5. The Hall–Kier alpha value is -3.34. The van der Waals surface area contributed by atoms with Gasteiger partial charge in [0, 0.05) is 29.3 Å². The van der Waals surface area contributed by atoms with E-state index in [0.29, 0.717) is 23.4 Å². The monoisotopic (exact) mass is 390 g/mol. The fourth-order valence-electron chi connectivity index (χ4n) is 3.76. The topological polar surface area (TPSA) is 51.5 Å². The van der Waals surface area contributed by atoms with E-state index >= 15 is 0 Å². The first-order chi connectivity index (χ1) is 13.8. The first-order valence-electron chi connectivity index (χ1n) is 9.50. The summed E-state index contributed by atoms with van der Waals surface area (Å²) in [6.07, 6.45) is 3.43. The van der Waals surface area contributed by atoms with Crippen molar-refractivity contribution in [3.05, 3.63) is 82.3 Å². The van der Waals surface area contributed by atoms with Gasteiger partial charge in [-0.25, -0.2) is 4.79 Å². The third-order valence-electron chi connectivity index (χ3n) is 5.28. The highest BCUT2D eigenvalue weighted by Crippen LogP contribution is 2.33. The Kier molecular flexibility index (Phi) is 5.59. The van der Waals surface area contributed by atoms with Gasteiger partial charge in [-0.3, -0.25) is 4.79 Å². The second-order valence-electron chi connectivity index (χ2n) is 7.21. The van der Waals surface area contributed by atoms with Crippen LogP contribution in [0.1, 0.15) is 29.4 Å². The zero-order chi connectivity index (χ0) is 21.3. The SMILES string of the molecule is C=CCN1C(=O)C(=Cc2cc(C)n(-c3ccc(C)cc3)c2C)C(C(=O)OC)=C1C. The molecule has 1 aliphatic heterocycles. The van der Waals surface area contributed by atoms with Crippen molar-refractivity contribution in [1.29, 1.82) is 0 Å². The number of methoxy groups -OCH3 is 1. The number of carbonyl (C=O) groups is 2. The van der Waals surface area contributed by atoms with Gasteiger partial charge in [0.25, 0.3) is 5.91 Å². The van der Waals surface area contributed by atoms with E-state index in [2.05, 4.69) is 42.3 Å². The van der Waals surface area contributed by atoms with Crippen LogP contribution in [0.15, 0.2) is 59.8 Å². The van der Waals surface area contributed by atoms with Gasteiger partial charge in [-0.05, 0) is 57.5 Å². The van der Waals surface area contributed by atoms with Crippen LogP contribution in [-0.4, -0.2) is 35.0 Å². The summed E-state index contributed by atoms with van der Waals surface area (Å²) in [6.45, 7) is 11.9. The predicted molar refractivity (Wildman–Crippen MR) is 115 cm³/mol. The van der Waals surface area contributed by atoms with Crippen molar-refractivity contribution in [2.75, 3.05) is 13.7 Å². The van der Waals surface area contributed by atoms with Crippen LogP contribution in [0, 0.1) is 20.8 Å². The third kappa shape index (κ3) is 3.56. The van der Waals surface area contributed by atoms with Crippen molar-refractivity contribution in [2.24, 2.45) is 0 Å². The first-order valence-corrected chi connectivity index (χ1v) is 9.50. The molecule has 1 aliphatic rings. The molecule has 0 N–H and O–H groups in total. The second kappa shape index (κ2) is 7.95. The fourth-order valence-corrected chi connectivity index (χ4v) is 3.76. The van der Waals surface area contributed by atoms with E-state index in [9.17, 15) is 9.59 Å². The molecule has 0 fully saturated rings. The molecule has 29 heavy (non-hydrogen) atoms. The molecule has 1 aromatic heterocycles. The van der Waals surface area contributed by atoms with Crippen LogP contribution in [0.25, 0.3) is 11.8 Å². The molecular weight excluding hydrogens is 364 g/mol. The number of hydrogen-bond acceptors (Lipinski definition) is 3. The Morgan fingerprint density at radius 3 is 2.38 bits per heavy atom. The van der Waals surface area contributed by atoms with E-state index in [-0.39, 0.29) is 5.91 Å². The molecule has 0 spiro atoms. The molecular formula is C24H26N2O3. The Labute approximate surface area is 171 Å². The van der Waals surface area contributed by atoms with E-state index in [0.717, 1.165) is 22.6 Å². The summed E-state index contributed by atoms with van der Waals surface area (Å²) >= 11 is 0. The number of aromatic nitrogens is 1. The molecule has 0 bridgehead atoms. The maximum atomic E-state index is 13.0. The average molecular weight is 390 g/mol. The number of carbonyl (C=O) groups excluding carboxylic acids is 2. The quantitative estimate of drug-likeness (QED) is 0.435. The largest absolute Gasteiger partial charge is 0.465 e. The molecule has 5 nitrogen and oxygen atoms in total. The van der Waals surface area contributed by atoms with E-state index < -0.39 is 5.97 Å². The van der Waals surface area contributed by atoms with E-state index in [4.69, 9.17) is 4.74 Å². The number of ether oxygens (including phenoxy) is 1. The molecule has 1 amide bonds. The van der Waals surface area contributed by atoms with Gasteiger partial charge in [0.15, 0.2) is 0 Å². The molecule has 0 aliphatic carbocycles. The van der Waals surface area contributed by atoms with Crippen molar-refractivity contribution in [3.8, 4) is 5.69 Å². The van der Waals surface area contributed by atoms with Gasteiger partial charge < -0.3 is 14.2 Å². The lowest BCUT2D eigenvalue weighted by Crippen LogP contribution is -2.25. The summed E-state index contributed by atoms with van der Waals surface area (Å²) in [5.74, 6) is -0.732. The van der Waals surface area contributed by atoms with Gasteiger partial charge in [0.2, 0.25) is 0 Å². The van der Waals surface area contributed by atoms with Crippen LogP contribution in [0.2, 0.25) is 0 Å². The second-order valence-corrected chi connectivity index (χ2v) is 7.21. The van der Waals surface area contributed by atoms with Crippen molar-refractivity contribution in [3.63, 3.8) is 0 Å².